The molecule has 0 fully saturated rings. The summed E-state index contributed by atoms with van der Waals surface area (Å²) >= 11 is 0. The van der Waals surface area contributed by atoms with Crippen LogP contribution in [0.5, 0.6) is 0 Å². The normalized spacial score (nSPS) is 11.6. The molecule has 0 radical (unpaired) electrons. The molecule has 0 saturated carbocycles. The van der Waals surface area contributed by atoms with Gasteiger partial charge in [-0.2, -0.15) is 0 Å². The van der Waals surface area contributed by atoms with Crippen molar-refractivity contribution in [1.29, 1.82) is 0 Å². The van der Waals surface area contributed by atoms with Gasteiger partial charge in [0.1, 0.15) is 17.2 Å². The standard InChI is InChI=1S/C24H21FN2O4S/c1-27(32(2,29)30)20-14-21-19(13-18(20)16-6-4-3-5-7-16)23(24(26)28)22(31-21)12-15-8-10-17(25)11-9-15/h3-11,13-14H,12H2,1-2H3,(H2,26,28). The third kappa shape index (κ3) is 4.09. The summed E-state index contributed by atoms with van der Waals surface area (Å²) < 4.78 is 45.0. The number of anilines is 1. The van der Waals surface area contributed by atoms with Crippen molar-refractivity contribution in [3.8, 4) is 11.1 Å². The fourth-order valence-electron chi connectivity index (χ4n) is 3.65. The molecule has 164 valence electrons. The van der Waals surface area contributed by atoms with E-state index in [9.17, 15) is 17.6 Å². The van der Waals surface area contributed by atoms with Gasteiger partial charge < -0.3 is 10.2 Å². The predicted octanol–water partition coefficient (Wildman–Crippen LogP) is 4.32. The molecule has 2 N–H and O–H groups in total. The number of nitrogens with zero attached hydrogens (tertiary/aromatic N) is 1. The minimum Gasteiger partial charge on any atom is -0.460 e. The van der Waals surface area contributed by atoms with Crippen LogP contribution in [-0.4, -0.2) is 27.6 Å². The van der Waals surface area contributed by atoms with E-state index >= 15 is 0 Å². The van der Waals surface area contributed by atoms with E-state index in [-0.39, 0.29) is 17.8 Å². The highest BCUT2D eigenvalue weighted by atomic mass is 32.2. The summed E-state index contributed by atoms with van der Waals surface area (Å²) in [5.74, 6) is -0.698. The predicted molar refractivity (Wildman–Crippen MR) is 123 cm³/mol. The largest absolute Gasteiger partial charge is 0.460 e. The van der Waals surface area contributed by atoms with E-state index < -0.39 is 15.9 Å². The van der Waals surface area contributed by atoms with Gasteiger partial charge in [-0.1, -0.05) is 42.5 Å². The molecule has 1 amide bonds. The zero-order valence-corrected chi connectivity index (χ0v) is 18.3. The van der Waals surface area contributed by atoms with Gasteiger partial charge in [0.2, 0.25) is 10.0 Å². The van der Waals surface area contributed by atoms with E-state index in [1.807, 2.05) is 30.3 Å². The molecule has 32 heavy (non-hydrogen) atoms. The molecule has 0 aliphatic rings. The fraction of sp³-hybridized carbons (Fsp3) is 0.125. The molecule has 0 unspecified atom stereocenters. The Kier molecular flexibility index (Phi) is 5.48. The van der Waals surface area contributed by atoms with Gasteiger partial charge in [0.05, 0.1) is 17.5 Å². The van der Waals surface area contributed by atoms with Crippen LogP contribution in [-0.2, 0) is 16.4 Å². The molecule has 0 aliphatic heterocycles. The number of carbonyl (C=O) groups excluding carboxylic acids is 1. The maximum absolute atomic E-state index is 13.3. The summed E-state index contributed by atoms with van der Waals surface area (Å²) in [6, 6.07) is 18.4. The second kappa shape index (κ2) is 8.12. The number of halogens is 1. The molecule has 0 saturated heterocycles. The summed E-state index contributed by atoms with van der Waals surface area (Å²) in [6.07, 6.45) is 1.34. The molecule has 1 heterocycles. The maximum atomic E-state index is 13.3. The average Bonchev–Trinajstić information content (AvgIpc) is 3.11. The van der Waals surface area contributed by atoms with E-state index in [0.717, 1.165) is 17.4 Å². The Morgan fingerprint density at radius 3 is 2.31 bits per heavy atom. The smallest absolute Gasteiger partial charge is 0.252 e. The number of hydrogen-bond donors (Lipinski definition) is 1. The summed E-state index contributed by atoms with van der Waals surface area (Å²) in [4.78, 5) is 12.4. The minimum absolute atomic E-state index is 0.218. The van der Waals surface area contributed by atoms with Gasteiger partial charge in [-0.05, 0) is 29.3 Å². The molecular formula is C24H21FN2O4S. The van der Waals surface area contributed by atoms with Gasteiger partial charge in [-0.25, -0.2) is 12.8 Å². The monoisotopic (exact) mass is 452 g/mol. The SMILES string of the molecule is CN(c1cc2oc(Cc3ccc(F)cc3)c(C(N)=O)c2cc1-c1ccccc1)S(C)(=O)=O. The number of primary amides is 1. The van der Waals surface area contributed by atoms with Gasteiger partial charge in [-0.15, -0.1) is 0 Å². The lowest BCUT2D eigenvalue weighted by Gasteiger charge is -2.20. The number of hydrogen-bond acceptors (Lipinski definition) is 4. The number of fused-ring (bicyclic) bond motifs is 1. The van der Waals surface area contributed by atoms with Crippen molar-refractivity contribution in [1.82, 2.24) is 0 Å². The average molecular weight is 453 g/mol. The summed E-state index contributed by atoms with van der Waals surface area (Å²) in [7, 11) is -2.10. The Bertz CT molecular complexity index is 1410. The first kappa shape index (κ1) is 21.6. The first-order chi connectivity index (χ1) is 15.1. The highest BCUT2D eigenvalue weighted by molar-refractivity contribution is 7.92. The third-order valence-electron chi connectivity index (χ3n) is 5.33. The van der Waals surface area contributed by atoms with E-state index in [1.165, 1.54) is 23.5 Å². The topological polar surface area (TPSA) is 93.6 Å². The molecule has 4 rings (SSSR count). The molecule has 0 aliphatic carbocycles. The Morgan fingerprint density at radius 1 is 1.06 bits per heavy atom. The zero-order chi connectivity index (χ0) is 23.0. The summed E-state index contributed by atoms with van der Waals surface area (Å²) in [5, 5.41) is 0.485. The maximum Gasteiger partial charge on any atom is 0.252 e. The van der Waals surface area contributed by atoms with E-state index in [2.05, 4.69) is 0 Å². The van der Waals surface area contributed by atoms with E-state index in [1.54, 1.807) is 24.3 Å². The van der Waals surface area contributed by atoms with Crippen molar-refractivity contribution in [2.45, 2.75) is 6.42 Å². The molecule has 0 spiro atoms. The molecule has 1 aromatic heterocycles. The van der Waals surface area contributed by atoms with Crippen molar-refractivity contribution in [3.63, 3.8) is 0 Å². The fourth-order valence-corrected chi connectivity index (χ4v) is 4.16. The highest BCUT2D eigenvalue weighted by Crippen LogP contribution is 2.39. The molecule has 0 bridgehead atoms. The van der Waals surface area contributed by atoms with Crippen LogP contribution in [0.2, 0.25) is 0 Å². The first-order valence-corrected chi connectivity index (χ1v) is 11.6. The minimum atomic E-state index is -3.56. The first-order valence-electron chi connectivity index (χ1n) is 9.78. The van der Waals surface area contributed by atoms with Crippen molar-refractivity contribution in [3.05, 3.63) is 89.4 Å². The van der Waals surface area contributed by atoms with Crippen LogP contribution in [0.1, 0.15) is 21.7 Å². The van der Waals surface area contributed by atoms with Crippen LogP contribution >= 0.6 is 0 Å². The van der Waals surface area contributed by atoms with Gasteiger partial charge in [-0.3, -0.25) is 9.10 Å². The van der Waals surface area contributed by atoms with Crippen molar-refractivity contribution in [2.24, 2.45) is 5.73 Å². The molecule has 3 aromatic carbocycles. The number of benzene rings is 3. The molecule has 8 heteroatoms. The second-order valence-corrected chi connectivity index (χ2v) is 9.54. The van der Waals surface area contributed by atoms with Crippen molar-refractivity contribution < 1.29 is 22.0 Å². The van der Waals surface area contributed by atoms with Crippen LogP contribution in [0.15, 0.2) is 71.1 Å². The second-order valence-electron chi connectivity index (χ2n) is 7.53. The van der Waals surface area contributed by atoms with Crippen molar-refractivity contribution >= 4 is 32.6 Å². The van der Waals surface area contributed by atoms with E-state index in [0.29, 0.717) is 28.0 Å². The number of amides is 1. The van der Waals surface area contributed by atoms with Gasteiger partial charge in [0.25, 0.3) is 5.91 Å². The Hall–Kier alpha value is -3.65. The molecule has 0 atom stereocenters. The Morgan fingerprint density at radius 2 is 1.72 bits per heavy atom. The number of furan rings is 1. The lowest BCUT2D eigenvalue weighted by molar-refractivity contribution is 0.1000. The lowest BCUT2D eigenvalue weighted by Crippen LogP contribution is -2.25. The van der Waals surface area contributed by atoms with Crippen LogP contribution < -0.4 is 10.0 Å². The van der Waals surface area contributed by atoms with E-state index in [4.69, 9.17) is 10.2 Å². The van der Waals surface area contributed by atoms with Crippen LogP contribution in [0.4, 0.5) is 10.1 Å². The molecule has 4 aromatic rings. The molecular weight excluding hydrogens is 431 g/mol. The Balaban J connectivity index is 1.96. The van der Waals surface area contributed by atoms with Gasteiger partial charge >= 0.3 is 0 Å². The third-order valence-corrected chi connectivity index (χ3v) is 6.52. The lowest BCUT2D eigenvalue weighted by atomic mass is 9.98. The van der Waals surface area contributed by atoms with Crippen LogP contribution in [0.3, 0.4) is 0 Å². The number of nitrogens with two attached hydrogens (primary N) is 1. The quantitative estimate of drug-likeness (QED) is 0.471. The summed E-state index contributed by atoms with van der Waals surface area (Å²) in [5.41, 5.74) is 8.78. The number of carbonyl (C=O) groups is 1. The van der Waals surface area contributed by atoms with Gasteiger partial charge in [0.15, 0.2) is 0 Å². The molecule has 6 nitrogen and oxygen atoms in total. The Labute approximate surface area is 185 Å². The van der Waals surface area contributed by atoms with Crippen LogP contribution in [0.25, 0.3) is 22.1 Å². The zero-order valence-electron chi connectivity index (χ0n) is 17.5. The number of rotatable bonds is 6. The van der Waals surface area contributed by atoms with Crippen LogP contribution in [0, 0.1) is 5.82 Å². The highest BCUT2D eigenvalue weighted by Gasteiger charge is 2.24. The van der Waals surface area contributed by atoms with Gasteiger partial charge in [0, 0.05) is 30.5 Å². The number of sulfonamides is 1. The summed E-state index contributed by atoms with van der Waals surface area (Å²) in [6.45, 7) is 0. The van der Waals surface area contributed by atoms with Crippen molar-refractivity contribution in [2.75, 3.05) is 17.6 Å².